The van der Waals surface area contributed by atoms with Gasteiger partial charge in [0.05, 0.1) is 32.7 Å². The van der Waals surface area contributed by atoms with E-state index in [4.69, 9.17) is 0 Å². The number of rotatable bonds is 9. The van der Waals surface area contributed by atoms with Gasteiger partial charge in [-0.2, -0.15) is 0 Å². The van der Waals surface area contributed by atoms with Crippen molar-refractivity contribution < 1.29 is 24.2 Å². The lowest BCUT2D eigenvalue weighted by atomic mass is 10.1. The Labute approximate surface area is 179 Å². The number of piperazine rings is 1. The van der Waals surface area contributed by atoms with E-state index in [9.17, 15) is 14.4 Å². The van der Waals surface area contributed by atoms with Gasteiger partial charge in [0, 0.05) is 12.2 Å². The molecule has 0 radical (unpaired) electrons. The number of amides is 3. The van der Waals surface area contributed by atoms with Gasteiger partial charge in [0.1, 0.15) is 0 Å². The molecule has 0 aromatic heterocycles. The Morgan fingerprint density at radius 2 is 1.67 bits per heavy atom. The molecular weight excluding hydrogens is 382 g/mol. The van der Waals surface area contributed by atoms with Crippen molar-refractivity contribution in [1.82, 2.24) is 10.2 Å². The number of benzene rings is 1. The van der Waals surface area contributed by atoms with Gasteiger partial charge in [0.15, 0.2) is 19.6 Å². The molecule has 3 amide bonds. The summed E-state index contributed by atoms with van der Waals surface area (Å²) in [5.41, 5.74) is 3.01. The first-order valence-corrected chi connectivity index (χ1v) is 10.9. The minimum absolute atomic E-state index is 0.00529. The summed E-state index contributed by atoms with van der Waals surface area (Å²) >= 11 is 0. The van der Waals surface area contributed by atoms with Crippen LogP contribution in [-0.4, -0.2) is 81.5 Å². The quantitative estimate of drug-likeness (QED) is 0.374. The number of aryl methyl sites for hydroxylation is 2. The van der Waals surface area contributed by atoms with Crippen molar-refractivity contribution in [2.45, 2.75) is 27.7 Å². The van der Waals surface area contributed by atoms with Crippen LogP contribution in [-0.2, 0) is 14.4 Å². The first-order chi connectivity index (χ1) is 14.3. The molecule has 1 fully saturated rings. The predicted molar refractivity (Wildman–Crippen MR) is 117 cm³/mol. The van der Waals surface area contributed by atoms with Gasteiger partial charge < -0.3 is 25.3 Å². The summed E-state index contributed by atoms with van der Waals surface area (Å²) in [5.74, 6) is 0.0622. The number of para-hydroxylation sites is 1. The number of likely N-dealkylation sites (N-methyl/N-ethyl adjacent to an activating group) is 2. The molecule has 30 heavy (non-hydrogen) atoms. The molecule has 8 heteroatoms. The summed E-state index contributed by atoms with van der Waals surface area (Å²) in [5, 5.41) is 5.83. The largest absolute Gasteiger partial charge is 0.351 e. The monoisotopic (exact) mass is 419 g/mol. The van der Waals surface area contributed by atoms with Gasteiger partial charge in [-0.3, -0.25) is 14.4 Å². The molecule has 1 aromatic rings. The third-order valence-electron chi connectivity index (χ3n) is 5.67. The summed E-state index contributed by atoms with van der Waals surface area (Å²) in [4.78, 5) is 40.9. The number of nitrogens with zero attached hydrogens (tertiary/aromatic N) is 1. The second-order valence-electron chi connectivity index (χ2n) is 8.03. The van der Waals surface area contributed by atoms with E-state index in [1.807, 2.05) is 50.8 Å². The zero-order valence-electron chi connectivity index (χ0n) is 18.8. The maximum atomic E-state index is 12.6. The molecule has 8 nitrogen and oxygen atoms in total. The molecule has 1 saturated heterocycles. The highest BCUT2D eigenvalue weighted by Crippen LogP contribution is 2.18. The predicted octanol–water partition coefficient (Wildman–Crippen LogP) is -1.99. The number of quaternary nitrogens is 2. The van der Waals surface area contributed by atoms with Gasteiger partial charge in [0.25, 0.3) is 17.7 Å². The van der Waals surface area contributed by atoms with Crippen LogP contribution in [0.3, 0.4) is 0 Å². The lowest BCUT2D eigenvalue weighted by Crippen LogP contribution is -3.16. The van der Waals surface area contributed by atoms with Crippen LogP contribution in [0.15, 0.2) is 18.2 Å². The SMILES string of the molecule is CCNC(=O)C[NH+](CC)CC(=O)N1CC[NH+](CC(=O)Nc2c(C)cccc2C)CC1. The van der Waals surface area contributed by atoms with E-state index in [0.717, 1.165) is 41.3 Å². The molecule has 4 N–H and O–H groups in total. The maximum absolute atomic E-state index is 12.6. The van der Waals surface area contributed by atoms with Crippen molar-refractivity contribution in [2.75, 3.05) is 64.2 Å². The summed E-state index contributed by atoms with van der Waals surface area (Å²) in [7, 11) is 0. The fourth-order valence-corrected chi connectivity index (χ4v) is 3.80. The van der Waals surface area contributed by atoms with Crippen molar-refractivity contribution in [1.29, 1.82) is 0 Å². The van der Waals surface area contributed by atoms with E-state index in [2.05, 4.69) is 10.6 Å². The molecule has 1 aliphatic heterocycles. The zero-order chi connectivity index (χ0) is 22.1. The summed E-state index contributed by atoms with van der Waals surface area (Å²) in [6, 6.07) is 5.97. The lowest BCUT2D eigenvalue weighted by Gasteiger charge is -2.32. The molecule has 166 valence electrons. The molecule has 0 bridgehead atoms. The molecule has 1 heterocycles. The molecule has 2 rings (SSSR count). The minimum atomic E-state index is -0.0219. The van der Waals surface area contributed by atoms with Gasteiger partial charge >= 0.3 is 0 Å². The van der Waals surface area contributed by atoms with Crippen molar-refractivity contribution in [3.8, 4) is 0 Å². The van der Waals surface area contributed by atoms with E-state index in [-0.39, 0.29) is 17.7 Å². The Balaban J connectivity index is 1.77. The molecular formula is C22H37N5O3+2. The number of hydrogen-bond donors (Lipinski definition) is 4. The topological polar surface area (TPSA) is 87.4 Å². The third-order valence-corrected chi connectivity index (χ3v) is 5.67. The summed E-state index contributed by atoms with van der Waals surface area (Å²) in [6.45, 7) is 13.0. The van der Waals surface area contributed by atoms with Crippen LogP contribution in [0.4, 0.5) is 5.69 Å². The summed E-state index contributed by atoms with van der Waals surface area (Å²) < 4.78 is 0. The molecule has 0 spiro atoms. The number of carbonyl (C=O) groups is 3. The normalized spacial score (nSPS) is 15.5. The smallest absolute Gasteiger partial charge is 0.279 e. The third kappa shape index (κ3) is 7.11. The van der Waals surface area contributed by atoms with E-state index in [1.165, 1.54) is 4.90 Å². The minimum Gasteiger partial charge on any atom is -0.351 e. The van der Waals surface area contributed by atoms with Gasteiger partial charge in [0.2, 0.25) is 0 Å². The van der Waals surface area contributed by atoms with Crippen LogP contribution in [0.5, 0.6) is 0 Å². The number of anilines is 1. The van der Waals surface area contributed by atoms with Gasteiger partial charge in [-0.05, 0) is 38.8 Å². The van der Waals surface area contributed by atoms with E-state index in [1.54, 1.807) is 0 Å². The maximum Gasteiger partial charge on any atom is 0.279 e. The van der Waals surface area contributed by atoms with Crippen LogP contribution in [0.25, 0.3) is 0 Å². The number of nitrogens with one attached hydrogen (secondary N) is 4. The number of carbonyl (C=O) groups excluding carboxylic acids is 3. The molecule has 0 aliphatic carbocycles. The van der Waals surface area contributed by atoms with Crippen molar-refractivity contribution in [2.24, 2.45) is 0 Å². The van der Waals surface area contributed by atoms with Gasteiger partial charge in [-0.25, -0.2) is 0 Å². The van der Waals surface area contributed by atoms with Gasteiger partial charge in [-0.1, -0.05) is 18.2 Å². The van der Waals surface area contributed by atoms with E-state index in [0.29, 0.717) is 39.3 Å². The van der Waals surface area contributed by atoms with Crippen LogP contribution in [0.1, 0.15) is 25.0 Å². The van der Waals surface area contributed by atoms with Crippen molar-refractivity contribution in [3.63, 3.8) is 0 Å². The second-order valence-corrected chi connectivity index (χ2v) is 8.03. The Bertz CT molecular complexity index is 724. The lowest BCUT2D eigenvalue weighted by molar-refractivity contribution is -0.896. The zero-order valence-corrected chi connectivity index (χ0v) is 18.8. The van der Waals surface area contributed by atoms with Gasteiger partial charge in [-0.15, -0.1) is 0 Å². The first-order valence-electron chi connectivity index (χ1n) is 10.9. The summed E-state index contributed by atoms with van der Waals surface area (Å²) in [6.07, 6.45) is 0. The van der Waals surface area contributed by atoms with Crippen molar-refractivity contribution >= 4 is 23.4 Å². The average molecular weight is 420 g/mol. The van der Waals surface area contributed by atoms with Crippen LogP contribution < -0.4 is 20.4 Å². The standard InChI is InChI=1S/C22H35N5O3/c1-5-23-19(28)14-25(6-2)16-21(30)27-12-10-26(11-13-27)15-20(29)24-22-17(3)8-7-9-18(22)4/h7-9H,5-6,10-16H2,1-4H3,(H,23,28)(H,24,29)/p+2. The Kier molecular flexibility index (Phi) is 9.26. The van der Waals surface area contributed by atoms with Crippen LogP contribution in [0.2, 0.25) is 0 Å². The number of hydrogen-bond acceptors (Lipinski definition) is 3. The van der Waals surface area contributed by atoms with Crippen LogP contribution in [0, 0.1) is 13.8 Å². The Morgan fingerprint density at radius 1 is 1.03 bits per heavy atom. The fraction of sp³-hybridized carbons (Fsp3) is 0.591. The van der Waals surface area contributed by atoms with Crippen LogP contribution >= 0.6 is 0 Å². The highest BCUT2D eigenvalue weighted by atomic mass is 16.2. The average Bonchev–Trinajstić information content (AvgIpc) is 2.71. The van der Waals surface area contributed by atoms with E-state index >= 15 is 0 Å². The highest BCUT2D eigenvalue weighted by molar-refractivity contribution is 5.93. The molecule has 1 aliphatic rings. The van der Waals surface area contributed by atoms with Crippen molar-refractivity contribution in [3.05, 3.63) is 29.3 Å². The highest BCUT2D eigenvalue weighted by Gasteiger charge is 2.28. The Hall–Kier alpha value is -2.45. The molecule has 1 atom stereocenters. The fourth-order valence-electron chi connectivity index (χ4n) is 3.80. The second kappa shape index (κ2) is 11.7. The molecule has 1 unspecified atom stereocenters. The molecule has 1 aromatic carbocycles. The first kappa shape index (κ1) is 23.8. The molecule has 0 saturated carbocycles. The van der Waals surface area contributed by atoms with E-state index < -0.39 is 0 Å². The Morgan fingerprint density at radius 3 is 2.23 bits per heavy atom.